The Morgan fingerprint density at radius 3 is 2.75 bits per heavy atom. The van der Waals surface area contributed by atoms with Crippen molar-refractivity contribution >= 4 is 29.9 Å². The number of ether oxygens (including phenoxy) is 2. The maximum Gasteiger partial charge on any atom is 0.191 e. The third kappa shape index (κ3) is 12.6. The topological polar surface area (TPSA) is 68.0 Å². The molecular weight excluding hydrogens is 421 g/mol. The minimum absolute atomic E-state index is 0. The summed E-state index contributed by atoms with van der Waals surface area (Å²) < 4.78 is 16.3. The molecule has 0 aliphatic carbocycles. The van der Waals surface area contributed by atoms with Gasteiger partial charge in [0.25, 0.3) is 0 Å². The molecule has 0 fully saturated rings. The molecule has 0 spiro atoms. The fraction of sp³-hybridized carbons (Fsp3) is 0.706. The monoisotopic (exact) mass is 453 g/mol. The van der Waals surface area contributed by atoms with Gasteiger partial charge in [0.05, 0.1) is 12.4 Å². The van der Waals surface area contributed by atoms with Gasteiger partial charge < -0.3 is 24.5 Å². The van der Waals surface area contributed by atoms with Crippen molar-refractivity contribution in [2.45, 2.75) is 46.3 Å². The van der Waals surface area contributed by atoms with E-state index >= 15 is 0 Å². The highest BCUT2D eigenvalue weighted by molar-refractivity contribution is 14.0. The molecule has 0 radical (unpaired) electrons. The van der Waals surface area contributed by atoms with Crippen molar-refractivity contribution in [2.24, 2.45) is 4.99 Å². The second-order valence-electron chi connectivity index (χ2n) is 5.45. The molecule has 0 amide bonds. The van der Waals surface area contributed by atoms with Crippen LogP contribution in [0.25, 0.3) is 0 Å². The molecule has 1 aromatic heterocycles. The van der Waals surface area contributed by atoms with E-state index in [1.165, 1.54) is 0 Å². The Hall–Kier alpha value is -0.800. The molecule has 0 saturated carbocycles. The van der Waals surface area contributed by atoms with Crippen molar-refractivity contribution < 1.29 is 13.9 Å². The molecule has 2 N–H and O–H groups in total. The summed E-state index contributed by atoms with van der Waals surface area (Å²) in [6.07, 6.45) is 3.80. The maximum atomic E-state index is 5.53. The summed E-state index contributed by atoms with van der Waals surface area (Å²) in [7, 11) is 0. The molecule has 140 valence electrons. The normalized spacial score (nSPS) is 11.4. The predicted octanol–water partition coefficient (Wildman–Crippen LogP) is 3.17. The Balaban J connectivity index is 0.00000529. The first-order chi connectivity index (χ1) is 11.2. The van der Waals surface area contributed by atoms with E-state index in [-0.39, 0.29) is 30.1 Å². The van der Waals surface area contributed by atoms with Gasteiger partial charge >= 0.3 is 0 Å². The lowest BCUT2D eigenvalue weighted by Gasteiger charge is -2.12. The van der Waals surface area contributed by atoms with Crippen molar-refractivity contribution in [1.82, 2.24) is 10.6 Å². The number of aliphatic imine (C=N–C) groups is 1. The van der Waals surface area contributed by atoms with E-state index in [1.807, 2.05) is 26.0 Å². The van der Waals surface area contributed by atoms with Gasteiger partial charge in [-0.1, -0.05) is 0 Å². The number of halogens is 1. The zero-order valence-electron chi connectivity index (χ0n) is 15.0. The maximum absolute atomic E-state index is 5.53. The molecule has 24 heavy (non-hydrogen) atoms. The minimum atomic E-state index is 0. The molecular formula is C17H32IN3O3. The number of furan rings is 1. The third-order valence-electron chi connectivity index (χ3n) is 2.95. The summed E-state index contributed by atoms with van der Waals surface area (Å²) in [5.41, 5.74) is 0. The Morgan fingerprint density at radius 2 is 2.08 bits per heavy atom. The highest BCUT2D eigenvalue weighted by atomic mass is 127. The minimum Gasteiger partial charge on any atom is -0.467 e. The zero-order chi connectivity index (χ0) is 16.8. The van der Waals surface area contributed by atoms with Gasteiger partial charge in [0.2, 0.25) is 0 Å². The highest BCUT2D eigenvalue weighted by Gasteiger charge is 1.98. The number of nitrogens with one attached hydrogen (secondary N) is 2. The largest absolute Gasteiger partial charge is 0.467 e. The summed E-state index contributed by atoms with van der Waals surface area (Å²) >= 11 is 0. The fourth-order valence-corrected chi connectivity index (χ4v) is 1.86. The molecule has 1 heterocycles. The smallest absolute Gasteiger partial charge is 0.191 e. The van der Waals surface area contributed by atoms with E-state index in [0.717, 1.165) is 50.8 Å². The summed E-state index contributed by atoms with van der Waals surface area (Å²) in [6, 6.07) is 3.78. The number of nitrogens with zero attached hydrogens (tertiary/aromatic N) is 1. The van der Waals surface area contributed by atoms with E-state index < -0.39 is 0 Å². The van der Waals surface area contributed by atoms with E-state index in [9.17, 15) is 0 Å². The van der Waals surface area contributed by atoms with Crippen molar-refractivity contribution in [2.75, 3.05) is 32.8 Å². The standard InChI is InChI=1S/C17H31N3O3.HI/c1-4-18-17(20-10-7-13-22-15(2)3)19-9-6-11-21-14-16-8-5-12-23-16;/h5,8,12,15H,4,6-7,9-11,13-14H2,1-3H3,(H2,18,19,20);1H. The Bertz CT molecular complexity index is 411. The van der Waals surface area contributed by atoms with Crippen LogP contribution in [0.15, 0.2) is 27.8 Å². The Morgan fingerprint density at radius 1 is 1.25 bits per heavy atom. The fourth-order valence-electron chi connectivity index (χ4n) is 1.86. The van der Waals surface area contributed by atoms with Crippen LogP contribution in [0.5, 0.6) is 0 Å². The van der Waals surface area contributed by atoms with Gasteiger partial charge in [-0.15, -0.1) is 24.0 Å². The van der Waals surface area contributed by atoms with Crippen LogP contribution < -0.4 is 10.6 Å². The van der Waals surface area contributed by atoms with Gasteiger partial charge in [0.1, 0.15) is 12.4 Å². The first kappa shape index (κ1) is 23.2. The van der Waals surface area contributed by atoms with E-state index in [1.54, 1.807) is 6.26 Å². The first-order valence-electron chi connectivity index (χ1n) is 8.46. The summed E-state index contributed by atoms with van der Waals surface area (Å²) in [5.74, 6) is 1.70. The molecule has 0 aromatic carbocycles. The van der Waals surface area contributed by atoms with Gasteiger partial charge in [-0.2, -0.15) is 0 Å². The molecule has 0 bridgehead atoms. The lowest BCUT2D eigenvalue weighted by Crippen LogP contribution is -2.38. The van der Waals surface area contributed by atoms with E-state index in [0.29, 0.717) is 13.2 Å². The SMILES string of the molecule is CCNC(=NCCCOCc1ccco1)NCCCOC(C)C.I. The molecule has 0 aliphatic rings. The molecule has 0 unspecified atom stereocenters. The number of rotatable bonds is 12. The van der Waals surface area contributed by atoms with Crippen LogP contribution in [0.3, 0.4) is 0 Å². The van der Waals surface area contributed by atoms with E-state index in [4.69, 9.17) is 13.9 Å². The van der Waals surface area contributed by atoms with Crippen molar-refractivity contribution in [3.05, 3.63) is 24.2 Å². The van der Waals surface area contributed by atoms with Crippen LogP contribution in [0.4, 0.5) is 0 Å². The quantitative estimate of drug-likeness (QED) is 0.220. The van der Waals surface area contributed by atoms with Crippen molar-refractivity contribution in [1.29, 1.82) is 0 Å². The summed E-state index contributed by atoms with van der Waals surface area (Å²) in [5, 5.41) is 6.55. The van der Waals surface area contributed by atoms with Gasteiger partial charge in [-0.05, 0) is 45.7 Å². The molecule has 1 rings (SSSR count). The van der Waals surface area contributed by atoms with Gasteiger partial charge in [-0.25, -0.2) is 0 Å². The average Bonchev–Trinajstić information content (AvgIpc) is 3.03. The Labute approximate surface area is 162 Å². The van der Waals surface area contributed by atoms with Crippen LogP contribution >= 0.6 is 24.0 Å². The van der Waals surface area contributed by atoms with Crippen molar-refractivity contribution in [3.63, 3.8) is 0 Å². The van der Waals surface area contributed by atoms with Gasteiger partial charge in [-0.3, -0.25) is 4.99 Å². The molecule has 1 aromatic rings. The molecule has 0 atom stereocenters. The zero-order valence-corrected chi connectivity index (χ0v) is 17.4. The second kappa shape index (κ2) is 15.7. The summed E-state index contributed by atoms with van der Waals surface area (Å²) in [4.78, 5) is 4.53. The molecule has 0 aliphatic heterocycles. The highest BCUT2D eigenvalue weighted by Crippen LogP contribution is 2.01. The second-order valence-corrected chi connectivity index (χ2v) is 5.45. The molecule has 6 nitrogen and oxygen atoms in total. The van der Waals surface area contributed by atoms with E-state index in [2.05, 4.69) is 22.5 Å². The lowest BCUT2D eigenvalue weighted by molar-refractivity contribution is 0.0776. The first-order valence-corrected chi connectivity index (χ1v) is 8.46. The lowest BCUT2D eigenvalue weighted by atomic mass is 10.4. The van der Waals surface area contributed by atoms with Crippen LogP contribution in [0.2, 0.25) is 0 Å². The number of hydrogen-bond acceptors (Lipinski definition) is 4. The van der Waals surface area contributed by atoms with Crippen LogP contribution in [-0.2, 0) is 16.1 Å². The van der Waals surface area contributed by atoms with Gasteiger partial charge in [0, 0.05) is 32.8 Å². The van der Waals surface area contributed by atoms with Crippen molar-refractivity contribution in [3.8, 4) is 0 Å². The van der Waals surface area contributed by atoms with Crippen LogP contribution in [-0.4, -0.2) is 44.9 Å². The average molecular weight is 453 g/mol. The molecule has 7 heteroatoms. The number of guanidine groups is 1. The number of hydrogen-bond donors (Lipinski definition) is 2. The van der Waals surface area contributed by atoms with Gasteiger partial charge in [0.15, 0.2) is 5.96 Å². The summed E-state index contributed by atoms with van der Waals surface area (Å²) in [6.45, 7) is 10.6. The van der Waals surface area contributed by atoms with Crippen LogP contribution in [0, 0.1) is 0 Å². The van der Waals surface area contributed by atoms with Crippen LogP contribution in [0.1, 0.15) is 39.4 Å². The predicted molar refractivity (Wildman–Crippen MR) is 108 cm³/mol. The molecule has 0 saturated heterocycles. The Kier molecular flexibility index (Phi) is 15.2. The third-order valence-corrected chi connectivity index (χ3v) is 2.95.